The summed E-state index contributed by atoms with van der Waals surface area (Å²) in [5.74, 6) is -4.18. The molecule has 0 fully saturated rings. The van der Waals surface area contributed by atoms with Gasteiger partial charge in [0.25, 0.3) is 5.91 Å². The van der Waals surface area contributed by atoms with Gasteiger partial charge in [0.1, 0.15) is 5.82 Å². The Kier molecular flexibility index (Phi) is 4.16. The Morgan fingerprint density at radius 1 is 0.952 bits per heavy atom. The van der Waals surface area contributed by atoms with Gasteiger partial charge in [0, 0.05) is 30.4 Å². The molecule has 0 unspecified atom stereocenters. The number of nitrogens with one attached hydrogen (secondary N) is 2. The van der Waals surface area contributed by atoms with E-state index in [2.05, 4.69) is 10.6 Å². The summed E-state index contributed by atoms with van der Waals surface area (Å²) in [7, 11) is 1.75. The van der Waals surface area contributed by atoms with E-state index < -0.39 is 29.0 Å². The average molecular weight is 294 g/mol. The van der Waals surface area contributed by atoms with E-state index >= 15 is 0 Å². The molecule has 2 N–H and O–H groups in total. The fourth-order valence-electron chi connectivity index (χ4n) is 1.90. The SMILES string of the molecule is CNc1ccc(C(=O)Nc2cc(F)c(F)cc2F)cc1C. The fourth-order valence-corrected chi connectivity index (χ4v) is 1.90. The highest BCUT2D eigenvalue weighted by Gasteiger charge is 2.14. The summed E-state index contributed by atoms with van der Waals surface area (Å²) in [5.41, 5.74) is 1.56. The molecule has 0 spiro atoms. The molecule has 0 aromatic heterocycles. The van der Waals surface area contributed by atoms with Gasteiger partial charge in [-0.15, -0.1) is 0 Å². The molecule has 21 heavy (non-hydrogen) atoms. The molecule has 2 rings (SSSR count). The molecule has 0 aliphatic carbocycles. The predicted molar refractivity (Wildman–Crippen MR) is 75.0 cm³/mol. The molecular formula is C15H13F3N2O. The summed E-state index contributed by atoms with van der Waals surface area (Å²) in [6, 6.07) is 5.86. The first-order chi connectivity index (χ1) is 9.92. The summed E-state index contributed by atoms with van der Waals surface area (Å²) in [5, 5.41) is 5.17. The monoisotopic (exact) mass is 294 g/mol. The molecule has 0 aliphatic heterocycles. The van der Waals surface area contributed by atoms with Crippen molar-refractivity contribution in [1.82, 2.24) is 0 Å². The number of carbonyl (C=O) groups is 1. The van der Waals surface area contributed by atoms with Crippen LogP contribution in [-0.2, 0) is 0 Å². The fraction of sp³-hybridized carbons (Fsp3) is 0.133. The first kappa shape index (κ1) is 14.9. The Morgan fingerprint density at radius 2 is 1.62 bits per heavy atom. The minimum atomic E-state index is -1.31. The zero-order chi connectivity index (χ0) is 15.6. The maximum atomic E-state index is 13.5. The molecule has 0 saturated carbocycles. The van der Waals surface area contributed by atoms with Gasteiger partial charge in [0.2, 0.25) is 0 Å². The highest BCUT2D eigenvalue weighted by Crippen LogP contribution is 2.20. The summed E-state index contributed by atoms with van der Waals surface area (Å²) < 4.78 is 39.4. The Balaban J connectivity index is 2.26. The third-order valence-corrected chi connectivity index (χ3v) is 3.02. The molecule has 3 nitrogen and oxygen atoms in total. The third kappa shape index (κ3) is 3.16. The second-order valence-electron chi connectivity index (χ2n) is 4.48. The standard InChI is InChI=1S/C15H13F3N2O/c1-8-5-9(3-4-13(8)19-2)15(21)20-14-7-11(17)10(16)6-12(14)18/h3-7,19H,1-2H3,(H,20,21). The molecule has 0 atom stereocenters. The van der Waals surface area contributed by atoms with E-state index in [0.717, 1.165) is 11.3 Å². The van der Waals surface area contributed by atoms with Crippen molar-refractivity contribution in [3.05, 3.63) is 58.9 Å². The highest BCUT2D eigenvalue weighted by molar-refractivity contribution is 6.04. The average Bonchev–Trinajstić information content (AvgIpc) is 2.44. The molecule has 2 aromatic rings. The Bertz CT molecular complexity index is 702. The van der Waals surface area contributed by atoms with Gasteiger partial charge in [-0.2, -0.15) is 0 Å². The minimum absolute atomic E-state index is 0.288. The first-order valence-electron chi connectivity index (χ1n) is 6.16. The van der Waals surface area contributed by atoms with Crippen LogP contribution in [0.4, 0.5) is 24.5 Å². The van der Waals surface area contributed by atoms with Gasteiger partial charge in [0.15, 0.2) is 11.6 Å². The third-order valence-electron chi connectivity index (χ3n) is 3.02. The first-order valence-corrected chi connectivity index (χ1v) is 6.16. The number of carbonyl (C=O) groups excluding carboxylic acids is 1. The van der Waals surface area contributed by atoms with Crippen molar-refractivity contribution >= 4 is 17.3 Å². The summed E-state index contributed by atoms with van der Waals surface area (Å²) in [6.07, 6.45) is 0. The van der Waals surface area contributed by atoms with Crippen molar-refractivity contribution in [3.8, 4) is 0 Å². The van der Waals surface area contributed by atoms with Crippen molar-refractivity contribution < 1.29 is 18.0 Å². The Morgan fingerprint density at radius 3 is 2.24 bits per heavy atom. The van der Waals surface area contributed by atoms with Crippen LogP contribution in [0, 0.1) is 24.4 Å². The van der Waals surface area contributed by atoms with Gasteiger partial charge in [-0.05, 0) is 30.7 Å². The lowest BCUT2D eigenvalue weighted by Gasteiger charge is -2.10. The van der Waals surface area contributed by atoms with E-state index in [1.54, 1.807) is 32.2 Å². The molecule has 1 amide bonds. The van der Waals surface area contributed by atoms with Crippen molar-refractivity contribution in [2.45, 2.75) is 6.92 Å². The van der Waals surface area contributed by atoms with Crippen molar-refractivity contribution in [3.63, 3.8) is 0 Å². The van der Waals surface area contributed by atoms with Gasteiger partial charge in [0.05, 0.1) is 5.69 Å². The zero-order valence-corrected chi connectivity index (χ0v) is 11.4. The second kappa shape index (κ2) is 5.87. The summed E-state index contributed by atoms with van der Waals surface area (Å²) >= 11 is 0. The van der Waals surface area contributed by atoms with Crippen LogP contribution in [0.5, 0.6) is 0 Å². The van der Waals surface area contributed by atoms with Gasteiger partial charge in [-0.3, -0.25) is 4.79 Å². The molecule has 0 radical (unpaired) electrons. The van der Waals surface area contributed by atoms with E-state index in [9.17, 15) is 18.0 Å². The van der Waals surface area contributed by atoms with Crippen molar-refractivity contribution in [1.29, 1.82) is 0 Å². The molecule has 6 heteroatoms. The van der Waals surface area contributed by atoms with Gasteiger partial charge >= 0.3 is 0 Å². The molecule has 0 bridgehead atoms. The quantitative estimate of drug-likeness (QED) is 0.847. The Hall–Kier alpha value is -2.50. The predicted octanol–water partition coefficient (Wildman–Crippen LogP) is 3.71. The number of hydrogen-bond acceptors (Lipinski definition) is 2. The number of benzene rings is 2. The minimum Gasteiger partial charge on any atom is -0.388 e. The van der Waals surface area contributed by atoms with Crippen LogP contribution in [0.25, 0.3) is 0 Å². The lowest BCUT2D eigenvalue weighted by atomic mass is 10.1. The maximum Gasteiger partial charge on any atom is 0.255 e. The number of aryl methyl sites for hydroxylation is 1. The summed E-state index contributed by atoms with van der Waals surface area (Å²) in [6.45, 7) is 1.81. The number of anilines is 2. The smallest absolute Gasteiger partial charge is 0.255 e. The van der Waals surface area contributed by atoms with Crippen LogP contribution < -0.4 is 10.6 Å². The van der Waals surface area contributed by atoms with E-state index in [1.165, 1.54) is 0 Å². The van der Waals surface area contributed by atoms with Crippen LogP contribution in [0.15, 0.2) is 30.3 Å². The maximum absolute atomic E-state index is 13.5. The molecule has 0 saturated heterocycles. The number of amides is 1. The zero-order valence-electron chi connectivity index (χ0n) is 11.4. The normalized spacial score (nSPS) is 10.3. The number of halogens is 3. The number of rotatable bonds is 3. The topological polar surface area (TPSA) is 41.1 Å². The van der Waals surface area contributed by atoms with Crippen LogP contribution >= 0.6 is 0 Å². The van der Waals surface area contributed by atoms with E-state index in [0.29, 0.717) is 12.1 Å². The second-order valence-corrected chi connectivity index (χ2v) is 4.48. The Labute approximate surface area is 119 Å². The van der Waals surface area contributed by atoms with Crippen molar-refractivity contribution in [2.24, 2.45) is 0 Å². The molecular weight excluding hydrogens is 281 g/mol. The molecule has 0 heterocycles. The lowest BCUT2D eigenvalue weighted by molar-refractivity contribution is 0.102. The lowest BCUT2D eigenvalue weighted by Crippen LogP contribution is -2.14. The largest absolute Gasteiger partial charge is 0.388 e. The van der Waals surface area contributed by atoms with Crippen LogP contribution in [0.2, 0.25) is 0 Å². The van der Waals surface area contributed by atoms with E-state index in [-0.39, 0.29) is 5.56 Å². The molecule has 0 aliphatic rings. The van der Waals surface area contributed by atoms with E-state index in [4.69, 9.17) is 0 Å². The van der Waals surface area contributed by atoms with Crippen LogP contribution in [-0.4, -0.2) is 13.0 Å². The van der Waals surface area contributed by atoms with E-state index in [1.807, 2.05) is 0 Å². The molecule has 110 valence electrons. The summed E-state index contributed by atoms with van der Waals surface area (Å²) in [4.78, 5) is 12.0. The molecule has 2 aromatic carbocycles. The van der Waals surface area contributed by atoms with Crippen molar-refractivity contribution in [2.75, 3.05) is 17.7 Å². The highest BCUT2D eigenvalue weighted by atomic mass is 19.2. The van der Waals surface area contributed by atoms with Crippen LogP contribution in [0.3, 0.4) is 0 Å². The van der Waals surface area contributed by atoms with Gasteiger partial charge in [-0.1, -0.05) is 0 Å². The number of hydrogen-bond donors (Lipinski definition) is 2. The van der Waals surface area contributed by atoms with Gasteiger partial charge in [-0.25, -0.2) is 13.2 Å². The van der Waals surface area contributed by atoms with Gasteiger partial charge < -0.3 is 10.6 Å². The van der Waals surface area contributed by atoms with Crippen LogP contribution in [0.1, 0.15) is 15.9 Å².